The Hall–Kier alpha value is -0.160. The summed E-state index contributed by atoms with van der Waals surface area (Å²) in [4.78, 5) is 4.74. The Morgan fingerprint density at radius 1 is 1.62 bits per heavy atom. The summed E-state index contributed by atoms with van der Waals surface area (Å²) in [6.45, 7) is 3.97. The Labute approximate surface area is 49.3 Å². The zero-order valence-electron chi connectivity index (χ0n) is 5.11. The minimum absolute atomic E-state index is 0. The molecular weight excluding hydrogens is 108 g/mol. The van der Waals surface area contributed by atoms with Crippen molar-refractivity contribution in [1.29, 1.82) is 0 Å². The van der Waals surface area contributed by atoms with Crippen molar-refractivity contribution in [2.45, 2.75) is 6.92 Å². The van der Waals surface area contributed by atoms with Crippen LogP contribution in [0.4, 0.5) is 0 Å². The molecule has 8 heavy (non-hydrogen) atoms. The Morgan fingerprint density at radius 2 is 2.25 bits per heavy atom. The first-order chi connectivity index (χ1) is 3.41. The predicted octanol–water partition coefficient (Wildman–Crippen LogP) is -1.34. The molecule has 0 unspecified atom stereocenters. The van der Waals surface area contributed by atoms with Crippen molar-refractivity contribution in [2.24, 2.45) is 5.73 Å². The van der Waals surface area contributed by atoms with Gasteiger partial charge in [0.05, 0.1) is 6.61 Å². The highest BCUT2D eigenvalue weighted by atomic mass is 16.6. The molecule has 0 amide bonds. The minimum Gasteiger partial charge on any atom is -0.412 e. The van der Waals surface area contributed by atoms with Crippen LogP contribution >= 0.6 is 0 Å². The summed E-state index contributed by atoms with van der Waals surface area (Å²) in [7, 11) is 0. The average Bonchev–Trinajstić information content (AvgIpc) is 1.69. The number of nitrogens with one attached hydrogen (secondary N) is 1. The van der Waals surface area contributed by atoms with Gasteiger partial charge in [0.2, 0.25) is 0 Å². The maximum Gasteiger partial charge on any atom is 0.0653 e. The van der Waals surface area contributed by atoms with Gasteiger partial charge < -0.3 is 16.0 Å². The van der Waals surface area contributed by atoms with E-state index in [1.807, 2.05) is 6.92 Å². The van der Waals surface area contributed by atoms with Crippen molar-refractivity contribution in [2.75, 3.05) is 19.7 Å². The van der Waals surface area contributed by atoms with E-state index in [1.54, 1.807) is 0 Å². The molecule has 0 aliphatic carbocycles. The van der Waals surface area contributed by atoms with Gasteiger partial charge in [-0.15, -0.1) is 0 Å². The quantitative estimate of drug-likeness (QED) is 0.358. The van der Waals surface area contributed by atoms with Gasteiger partial charge in [-0.25, -0.2) is 5.48 Å². The highest BCUT2D eigenvalue weighted by Gasteiger charge is 1.75. The summed E-state index contributed by atoms with van der Waals surface area (Å²) < 4.78 is 0. The van der Waals surface area contributed by atoms with E-state index in [-0.39, 0.29) is 5.48 Å². The molecule has 0 radical (unpaired) electrons. The molecule has 0 aromatic carbocycles. The van der Waals surface area contributed by atoms with Crippen LogP contribution in [0.3, 0.4) is 0 Å². The van der Waals surface area contributed by atoms with Gasteiger partial charge in [0, 0.05) is 13.1 Å². The summed E-state index contributed by atoms with van der Waals surface area (Å²) in [5, 5.41) is 0. The van der Waals surface area contributed by atoms with Crippen molar-refractivity contribution in [3.63, 3.8) is 0 Å². The monoisotopic (exact) mass is 122 g/mol. The third-order valence-corrected chi connectivity index (χ3v) is 0.493. The third-order valence-electron chi connectivity index (χ3n) is 0.493. The molecule has 0 fully saturated rings. The standard InChI is InChI=1S/C4H12N2O.H2O/c1-2-7-6-4-3-5;/h6H,2-5H2,1H3;1H2. The second kappa shape index (κ2) is 9.96. The molecule has 0 spiro atoms. The van der Waals surface area contributed by atoms with Crippen LogP contribution in [0.15, 0.2) is 0 Å². The highest BCUT2D eigenvalue weighted by molar-refractivity contribution is 4.30. The van der Waals surface area contributed by atoms with Gasteiger partial charge in [-0.2, -0.15) is 0 Å². The molecule has 4 nitrogen and oxygen atoms in total. The van der Waals surface area contributed by atoms with Gasteiger partial charge in [-0.1, -0.05) is 0 Å². The minimum atomic E-state index is 0. The molecule has 0 rings (SSSR count). The largest absolute Gasteiger partial charge is 0.412 e. The molecule has 0 aromatic heterocycles. The molecular formula is C4H14N2O2. The number of rotatable bonds is 4. The first-order valence-electron chi connectivity index (χ1n) is 2.46. The molecule has 4 heteroatoms. The van der Waals surface area contributed by atoms with E-state index in [1.165, 1.54) is 0 Å². The zero-order chi connectivity index (χ0) is 5.54. The number of nitrogens with two attached hydrogens (primary N) is 1. The van der Waals surface area contributed by atoms with Crippen molar-refractivity contribution in [3.05, 3.63) is 0 Å². The van der Waals surface area contributed by atoms with Gasteiger partial charge in [0.15, 0.2) is 0 Å². The van der Waals surface area contributed by atoms with Crippen LogP contribution in [-0.2, 0) is 4.84 Å². The van der Waals surface area contributed by atoms with E-state index >= 15 is 0 Å². The van der Waals surface area contributed by atoms with Crippen molar-refractivity contribution in [1.82, 2.24) is 5.48 Å². The highest BCUT2D eigenvalue weighted by Crippen LogP contribution is 1.59. The van der Waals surface area contributed by atoms with E-state index in [9.17, 15) is 0 Å². The van der Waals surface area contributed by atoms with Gasteiger partial charge in [-0.3, -0.25) is 0 Å². The van der Waals surface area contributed by atoms with Crippen LogP contribution in [0, 0.1) is 0 Å². The van der Waals surface area contributed by atoms with E-state index in [2.05, 4.69) is 5.48 Å². The molecule has 0 aliphatic heterocycles. The van der Waals surface area contributed by atoms with E-state index in [0.717, 1.165) is 6.54 Å². The number of hydrogen-bond donors (Lipinski definition) is 2. The third kappa shape index (κ3) is 9.28. The maximum absolute atomic E-state index is 5.13. The lowest BCUT2D eigenvalue weighted by atomic mass is 10.7. The summed E-state index contributed by atoms with van der Waals surface area (Å²) in [5.41, 5.74) is 7.79. The average molecular weight is 122 g/mol. The number of hydrogen-bond acceptors (Lipinski definition) is 3. The van der Waals surface area contributed by atoms with Crippen LogP contribution in [0.25, 0.3) is 0 Å². The first kappa shape index (κ1) is 10.8. The predicted molar refractivity (Wildman–Crippen MR) is 32.3 cm³/mol. The summed E-state index contributed by atoms with van der Waals surface area (Å²) >= 11 is 0. The first-order valence-corrected chi connectivity index (χ1v) is 2.46. The Bertz CT molecular complexity index is 31.2. The van der Waals surface area contributed by atoms with E-state index in [4.69, 9.17) is 10.6 Å². The fraction of sp³-hybridized carbons (Fsp3) is 1.00. The normalized spacial score (nSPS) is 8.25. The molecule has 0 bridgehead atoms. The van der Waals surface area contributed by atoms with Crippen molar-refractivity contribution >= 4 is 0 Å². The second-order valence-corrected chi connectivity index (χ2v) is 1.12. The van der Waals surface area contributed by atoms with Crippen LogP contribution in [0.2, 0.25) is 0 Å². The topological polar surface area (TPSA) is 78.8 Å². The molecule has 5 N–H and O–H groups in total. The maximum atomic E-state index is 5.13. The van der Waals surface area contributed by atoms with Crippen LogP contribution < -0.4 is 11.2 Å². The van der Waals surface area contributed by atoms with Gasteiger partial charge in [0.25, 0.3) is 0 Å². The fourth-order valence-electron chi connectivity index (χ4n) is 0.233. The lowest BCUT2D eigenvalue weighted by Gasteiger charge is -1.97. The second-order valence-electron chi connectivity index (χ2n) is 1.12. The molecule has 0 aliphatic rings. The zero-order valence-corrected chi connectivity index (χ0v) is 5.11. The van der Waals surface area contributed by atoms with Crippen LogP contribution in [0.5, 0.6) is 0 Å². The van der Waals surface area contributed by atoms with Crippen LogP contribution in [0.1, 0.15) is 6.92 Å². The Morgan fingerprint density at radius 3 is 2.62 bits per heavy atom. The van der Waals surface area contributed by atoms with Crippen molar-refractivity contribution in [3.8, 4) is 0 Å². The molecule has 0 atom stereocenters. The summed E-state index contributed by atoms with van der Waals surface area (Å²) in [5.74, 6) is 0. The number of hydroxylamine groups is 1. The lowest BCUT2D eigenvalue weighted by Crippen LogP contribution is -2.22. The van der Waals surface area contributed by atoms with E-state index < -0.39 is 0 Å². The van der Waals surface area contributed by atoms with Gasteiger partial charge in [-0.05, 0) is 6.92 Å². The lowest BCUT2D eigenvalue weighted by molar-refractivity contribution is 0.0532. The molecule has 52 valence electrons. The summed E-state index contributed by atoms with van der Waals surface area (Å²) in [6, 6.07) is 0. The Kier molecular flexibility index (Phi) is 13.4. The molecule has 0 saturated carbocycles. The fourth-order valence-corrected chi connectivity index (χ4v) is 0.233. The SMILES string of the molecule is CCONCCN.O. The van der Waals surface area contributed by atoms with Gasteiger partial charge >= 0.3 is 0 Å². The van der Waals surface area contributed by atoms with Crippen LogP contribution in [-0.4, -0.2) is 25.2 Å². The summed E-state index contributed by atoms with van der Waals surface area (Å²) in [6.07, 6.45) is 0. The van der Waals surface area contributed by atoms with Gasteiger partial charge in [0.1, 0.15) is 0 Å². The van der Waals surface area contributed by atoms with Crippen molar-refractivity contribution < 1.29 is 10.3 Å². The smallest absolute Gasteiger partial charge is 0.0653 e. The molecule has 0 aromatic rings. The molecule has 0 saturated heterocycles. The van der Waals surface area contributed by atoms with E-state index in [0.29, 0.717) is 13.2 Å². The Balaban J connectivity index is 0. The molecule has 0 heterocycles.